The third-order valence-electron chi connectivity index (χ3n) is 6.19. The van der Waals surface area contributed by atoms with Gasteiger partial charge in [-0.05, 0) is 37.8 Å². The van der Waals surface area contributed by atoms with E-state index >= 15 is 0 Å². The smallest absolute Gasteiger partial charge is 0.318 e. The average molecular weight is 386 g/mol. The predicted molar refractivity (Wildman–Crippen MR) is 107 cm³/mol. The van der Waals surface area contributed by atoms with Crippen molar-refractivity contribution in [3.05, 3.63) is 29.8 Å². The van der Waals surface area contributed by atoms with Crippen LogP contribution in [0.5, 0.6) is 0 Å². The molecule has 3 amide bonds. The van der Waals surface area contributed by atoms with Crippen LogP contribution in [-0.4, -0.2) is 61.3 Å². The van der Waals surface area contributed by atoms with Crippen molar-refractivity contribution >= 4 is 17.6 Å². The summed E-state index contributed by atoms with van der Waals surface area (Å²) in [4.78, 5) is 29.3. The normalized spacial score (nSPS) is 30.4. The first-order chi connectivity index (χ1) is 13.5. The zero-order chi connectivity index (χ0) is 19.7. The molecule has 0 aliphatic carbocycles. The molecule has 1 aromatic carbocycles. The Hall–Kier alpha value is -2.28. The van der Waals surface area contributed by atoms with E-state index in [0.717, 1.165) is 31.6 Å². The molecule has 0 bridgehead atoms. The van der Waals surface area contributed by atoms with E-state index in [9.17, 15) is 9.59 Å². The Labute approximate surface area is 166 Å². The number of ether oxygens (including phenoxy) is 1. The number of benzene rings is 1. The number of anilines is 1. The van der Waals surface area contributed by atoms with Crippen LogP contribution in [0.4, 0.5) is 10.5 Å². The molecular formula is C21H30N4O3. The topological polar surface area (TPSA) is 73.9 Å². The first-order valence-electron chi connectivity index (χ1n) is 10.3. The molecule has 4 atom stereocenters. The molecule has 0 aromatic heterocycles. The standard InChI is InChI=1S/C21H30N4O3/c1-14-12-24(2)17-7-4-3-6-15(17)13-25(14)21(27)22-16-9-10-19(26)23-20(16)18-8-5-11-28-18/h3-4,6-7,14,16,18,20H,5,8-13H2,1-2H3,(H,22,27)(H,23,26)/t14-,16?,18?,20?/m0/s1. The molecule has 7 nitrogen and oxygen atoms in total. The summed E-state index contributed by atoms with van der Waals surface area (Å²) in [6.45, 7) is 4.17. The maximum Gasteiger partial charge on any atom is 0.318 e. The van der Waals surface area contributed by atoms with Gasteiger partial charge in [0.2, 0.25) is 5.91 Å². The second-order valence-corrected chi connectivity index (χ2v) is 8.23. The zero-order valence-electron chi connectivity index (χ0n) is 16.7. The minimum Gasteiger partial charge on any atom is -0.376 e. The van der Waals surface area contributed by atoms with Crippen molar-refractivity contribution in [1.29, 1.82) is 0 Å². The third-order valence-corrected chi connectivity index (χ3v) is 6.19. The number of nitrogens with one attached hydrogen (secondary N) is 2. The van der Waals surface area contributed by atoms with E-state index in [2.05, 4.69) is 41.6 Å². The highest BCUT2D eigenvalue weighted by molar-refractivity contribution is 5.79. The van der Waals surface area contributed by atoms with Gasteiger partial charge in [-0.3, -0.25) is 4.79 Å². The Morgan fingerprint density at radius 1 is 1.29 bits per heavy atom. The first kappa shape index (κ1) is 19.1. The maximum atomic E-state index is 13.2. The van der Waals surface area contributed by atoms with Gasteiger partial charge in [0.05, 0.1) is 18.2 Å². The van der Waals surface area contributed by atoms with Crippen LogP contribution in [-0.2, 0) is 16.1 Å². The number of carbonyl (C=O) groups excluding carboxylic acids is 2. The highest BCUT2D eigenvalue weighted by Crippen LogP contribution is 2.27. The van der Waals surface area contributed by atoms with Gasteiger partial charge in [0.25, 0.3) is 0 Å². The van der Waals surface area contributed by atoms with E-state index < -0.39 is 0 Å². The Balaban J connectivity index is 1.49. The second kappa shape index (κ2) is 7.99. The summed E-state index contributed by atoms with van der Waals surface area (Å²) in [5.41, 5.74) is 2.32. The van der Waals surface area contributed by atoms with E-state index in [4.69, 9.17) is 4.74 Å². The van der Waals surface area contributed by atoms with Gasteiger partial charge in [-0.15, -0.1) is 0 Å². The quantitative estimate of drug-likeness (QED) is 0.814. The van der Waals surface area contributed by atoms with Crippen LogP contribution in [0.25, 0.3) is 0 Å². The lowest BCUT2D eigenvalue weighted by molar-refractivity contribution is -0.125. The van der Waals surface area contributed by atoms with Gasteiger partial charge in [-0.2, -0.15) is 0 Å². The lowest BCUT2D eigenvalue weighted by Crippen LogP contribution is -2.62. The molecule has 1 aromatic rings. The Bertz CT molecular complexity index is 734. The molecule has 3 heterocycles. The fourth-order valence-corrected chi connectivity index (χ4v) is 4.69. The number of amides is 3. The molecule has 0 saturated carbocycles. The molecule has 7 heteroatoms. The number of hydrogen-bond acceptors (Lipinski definition) is 4. The average Bonchev–Trinajstić information content (AvgIpc) is 3.18. The van der Waals surface area contributed by atoms with Crippen molar-refractivity contribution in [2.24, 2.45) is 0 Å². The molecular weight excluding hydrogens is 356 g/mol. The number of hydrogen-bond donors (Lipinski definition) is 2. The molecule has 3 unspecified atom stereocenters. The summed E-state index contributed by atoms with van der Waals surface area (Å²) in [5, 5.41) is 6.27. The Kier molecular flexibility index (Phi) is 5.44. The van der Waals surface area contributed by atoms with Crippen molar-refractivity contribution in [1.82, 2.24) is 15.5 Å². The van der Waals surface area contributed by atoms with Gasteiger partial charge in [0.15, 0.2) is 0 Å². The van der Waals surface area contributed by atoms with Crippen LogP contribution in [0.15, 0.2) is 24.3 Å². The number of nitrogens with zero attached hydrogens (tertiary/aromatic N) is 2. The summed E-state index contributed by atoms with van der Waals surface area (Å²) >= 11 is 0. The third kappa shape index (κ3) is 3.81. The summed E-state index contributed by atoms with van der Waals surface area (Å²) in [7, 11) is 2.07. The van der Waals surface area contributed by atoms with E-state index in [-0.39, 0.29) is 36.2 Å². The van der Waals surface area contributed by atoms with Crippen molar-refractivity contribution in [3.63, 3.8) is 0 Å². The molecule has 4 rings (SSSR count). The molecule has 2 fully saturated rings. The molecule has 28 heavy (non-hydrogen) atoms. The van der Waals surface area contributed by atoms with E-state index in [1.165, 1.54) is 5.69 Å². The van der Waals surface area contributed by atoms with Crippen LogP contribution in [0.2, 0.25) is 0 Å². The van der Waals surface area contributed by atoms with Gasteiger partial charge < -0.3 is 25.2 Å². The van der Waals surface area contributed by atoms with Crippen LogP contribution < -0.4 is 15.5 Å². The molecule has 152 valence electrons. The summed E-state index contributed by atoms with van der Waals surface area (Å²) < 4.78 is 5.81. The van der Waals surface area contributed by atoms with Crippen LogP contribution >= 0.6 is 0 Å². The first-order valence-corrected chi connectivity index (χ1v) is 10.3. The predicted octanol–water partition coefficient (Wildman–Crippen LogP) is 1.86. The van der Waals surface area contributed by atoms with Crippen LogP contribution in [0.1, 0.15) is 38.2 Å². The number of carbonyl (C=O) groups is 2. The van der Waals surface area contributed by atoms with Crippen LogP contribution in [0, 0.1) is 0 Å². The number of likely N-dealkylation sites (N-methyl/N-ethyl adjacent to an activating group) is 1. The SMILES string of the molecule is C[C@H]1CN(C)c2ccccc2CN1C(=O)NC1CCC(=O)NC1C1CCCO1. The molecule has 2 saturated heterocycles. The fraction of sp³-hybridized carbons (Fsp3) is 0.619. The molecule has 3 aliphatic heterocycles. The number of piperidine rings is 1. The molecule has 0 spiro atoms. The molecule has 0 radical (unpaired) electrons. The van der Waals surface area contributed by atoms with Crippen molar-refractivity contribution in [2.45, 2.75) is 63.4 Å². The molecule has 3 aliphatic rings. The summed E-state index contributed by atoms with van der Waals surface area (Å²) in [6, 6.07) is 8.00. The monoisotopic (exact) mass is 386 g/mol. The lowest BCUT2D eigenvalue weighted by atomic mass is 9.92. The highest BCUT2D eigenvalue weighted by atomic mass is 16.5. The van der Waals surface area contributed by atoms with Gasteiger partial charge in [0, 0.05) is 44.9 Å². The minimum absolute atomic E-state index is 0.0111. The van der Waals surface area contributed by atoms with Gasteiger partial charge in [0.1, 0.15) is 0 Å². The summed E-state index contributed by atoms with van der Waals surface area (Å²) in [5.74, 6) is 0.0460. The minimum atomic E-state index is -0.148. The number of urea groups is 1. The van der Waals surface area contributed by atoms with Crippen LogP contribution in [0.3, 0.4) is 0 Å². The van der Waals surface area contributed by atoms with Gasteiger partial charge in [-0.1, -0.05) is 18.2 Å². The van der Waals surface area contributed by atoms with Crippen molar-refractivity contribution in [2.75, 3.05) is 25.1 Å². The Morgan fingerprint density at radius 2 is 2.11 bits per heavy atom. The van der Waals surface area contributed by atoms with E-state index in [1.807, 2.05) is 17.0 Å². The highest BCUT2D eigenvalue weighted by Gasteiger charge is 2.39. The largest absolute Gasteiger partial charge is 0.376 e. The number of para-hydroxylation sites is 1. The van der Waals surface area contributed by atoms with E-state index in [1.54, 1.807) is 0 Å². The number of rotatable bonds is 2. The number of fused-ring (bicyclic) bond motifs is 1. The van der Waals surface area contributed by atoms with Gasteiger partial charge in [-0.25, -0.2) is 4.79 Å². The van der Waals surface area contributed by atoms with Crippen molar-refractivity contribution < 1.29 is 14.3 Å². The van der Waals surface area contributed by atoms with Crippen molar-refractivity contribution in [3.8, 4) is 0 Å². The maximum absolute atomic E-state index is 13.2. The molecule has 2 N–H and O–H groups in total. The zero-order valence-corrected chi connectivity index (χ0v) is 16.7. The lowest BCUT2D eigenvalue weighted by Gasteiger charge is -2.38. The fourth-order valence-electron chi connectivity index (χ4n) is 4.69. The summed E-state index contributed by atoms with van der Waals surface area (Å²) in [6.07, 6.45) is 3.01. The Morgan fingerprint density at radius 3 is 2.89 bits per heavy atom. The second-order valence-electron chi connectivity index (χ2n) is 8.23. The van der Waals surface area contributed by atoms with E-state index in [0.29, 0.717) is 19.4 Å². The van der Waals surface area contributed by atoms with Gasteiger partial charge >= 0.3 is 6.03 Å².